The lowest BCUT2D eigenvalue weighted by molar-refractivity contribution is -0.132. The van der Waals surface area contributed by atoms with E-state index in [1.807, 2.05) is 20.8 Å². The molecular formula is C29H27ClFNO6. The molecule has 3 aromatic carbocycles. The number of carbonyl (C=O) groups excluding carboxylic acids is 2. The van der Waals surface area contributed by atoms with E-state index in [9.17, 15) is 19.1 Å². The molecule has 7 nitrogen and oxygen atoms in total. The number of anilines is 1. The van der Waals surface area contributed by atoms with Gasteiger partial charge in [0.2, 0.25) is 0 Å². The fraction of sp³-hybridized carbons (Fsp3) is 0.241. The molecule has 38 heavy (non-hydrogen) atoms. The van der Waals surface area contributed by atoms with Crippen LogP contribution in [0.2, 0.25) is 5.02 Å². The summed E-state index contributed by atoms with van der Waals surface area (Å²) in [7, 11) is 2.95. The Kier molecular flexibility index (Phi) is 7.64. The first kappa shape index (κ1) is 27.0. The standard InChI is InChI=1S/C29H27ClFNO6/c1-15(2)38-22-10-7-18(12-16(22)3)27(33)25-26(17-6-11-23(36-4)24(13-17)37-5)32(29(35)28(25)34)19-8-9-21(31)20(30)14-19/h6-15,26,33H,1-5H3/b27-25+. The molecule has 0 aliphatic carbocycles. The van der Waals surface area contributed by atoms with Gasteiger partial charge < -0.3 is 19.3 Å². The van der Waals surface area contributed by atoms with Crippen LogP contribution < -0.4 is 19.1 Å². The van der Waals surface area contributed by atoms with Crippen molar-refractivity contribution < 1.29 is 33.3 Å². The van der Waals surface area contributed by atoms with Gasteiger partial charge in [0, 0.05) is 11.3 Å². The normalized spacial score (nSPS) is 16.7. The molecule has 0 spiro atoms. The molecule has 4 rings (SSSR count). The predicted octanol–water partition coefficient (Wildman–Crippen LogP) is 6.22. The van der Waals surface area contributed by atoms with E-state index in [2.05, 4.69) is 0 Å². The van der Waals surface area contributed by atoms with Crippen LogP contribution in [-0.2, 0) is 9.59 Å². The molecule has 0 aromatic heterocycles. The fourth-order valence-corrected chi connectivity index (χ4v) is 4.59. The molecule has 1 amide bonds. The summed E-state index contributed by atoms with van der Waals surface area (Å²) in [5.41, 5.74) is 1.58. The fourth-order valence-electron chi connectivity index (χ4n) is 4.41. The summed E-state index contributed by atoms with van der Waals surface area (Å²) in [6.45, 7) is 5.62. The minimum atomic E-state index is -1.07. The highest BCUT2D eigenvalue weighted by atomic mass is 35.5. The zero-order chi connectivity index (χ0) is 27.7. The van der Waals surface area contributed by atoms with Gasteiger partial charge in [-0.15, -0.1) is 0 Å². The molecule has 1 N–H and O–H groups in total. The topological polar surface area (TPSA) is 85.3 Å². The molecule has 0 bridgehead atoms. The number of aliphatic hydroxyl groups excluding tert-OH is 1. The number of hydrogen-bond donors (Lipinski definition) is 1. The van der Waals surface area contributed by atoms with Crippen LogP contribution in [0.5, 0.6) is 17.2 Å². The minimum Gasteiger partial charge on any atom is -0.507 e. The van der Waals surface area contributed by atoms with Crippen LogP contribution >= 0.6 is 11.6 Å². The third kappa shape index (κ3) is 4.91. The van der Waals surface area contributed by atoms with Crippen LogP contribution in [0.1, 0.15) is 36.6 Å². The van der Waals surface area contributed by atoms with Gasteiger partial charge >= 0.3 is 0 Å². The summed E-state index contributed by atoms with van der Waals surface area (Å²) in [6.07, 6.45) is -0.0499. The first-order chi connectivity index (χ1) is 18.1. The SMILES string of the molecule is COc1ccc(C2/C(=C(\O)c3ccc(OC(C)C)c(C)c3)C(=O)C(=O)N2c2ccc(F)c(Cl)c2)cc1OC. The van der Waals surface area contributed by atoms with Crippen LogP contribution in [0.15, 0.2) is 60.2 Å². The zero-order valence-corrected chi connectivity index (χ0v) is 22.3. The van der Waals surface area contributed by atoms with Crippen molar-refractivity contribution >= 4 is 34.7 Å². The van der Waals surface area contributed by atoms with Gasteiger partial charge in [0.05, 0.1) is 37.0 Å². The van der Waals surface area contributed by atoms with E-state index in [1.54, 1.807) is 36.4 Å². The van der Waals surface area contributed by atoms with Crippen LogP contribution in [0, 0.1) is 12.7 Å². The molecule has 1 heterocycles. The predicted molar refractivity (Wildman–Crippen MR) is 143 cm³/mol. The van der Waals surface area contributed by atoms with Crippen molar-refractivity contribution in [2.45, 2.75) is 32.9 Å². The number of aryl methyl sites for hydroxylation is 1. The van der Waals surface area contributed by atoms with Crippen LogP contribution in [0.25, 0.3) is 5.76 Å². The number of benzene rings is 3. The summed E-state index contributed by atoms with van der Waals surface area (Å²) in [5, 5.41) is 11.2. The average molecular weight is 540 g/mol. The van der Waals surface area contributed by atoms with E-state index in [0.29, 0.717) is 28.4 Å². The molecule has 9 heteroatoms. The molecule has 0 saturated carbocycles. The number of halogens is 2. The van der Waals surface area contributed by atoms with Gasteiger partial charge in [0.15, 0.2) is 11.5 Å². The minimum absolute atomic E-state index is 0.0499. The highest BCUT2D eigenvalue weighted by molar-refractivity contribution is 6.51. The van der Waals surface area contributed by atoms with Crippen molar-refractivity contribution in [1.82, 2.24) is 0 Å². The number of nitrogens with zero attached hydrogens (tertiary/aromatic N) is 1. The highest BCUT2D eigenvalue weighted by Crippen LogP contribution is 2.45. The molecular weight excluding hydrogens is 513 g/mol. The molecule has 198 valence electrons. The van der Waals surface area contributed by atoms with Gasteiger partial charge in [-0.25, -0.2) is 4.39 Å². The number of Topliss-reactive ketones (excluding diaryl/α,β-unsaturated/α-hetero) is 1. The quantitative estimate of drug-likeness (QED) is 0.218. The molecule has 0 radical (unpaired) electrons. The summed E-state index contributed by atoms with van der Waals surface area (Å²) in [5.74, 6) is -1.40. The lowest BCUT2D eigenvalue weighted by Gasteiger charge is -2.26. The maximum atomic E-state index is 13.9. The number of amides is 1. The second-order valence-corrected chi connectivity index (χ2v) is 9.44. The lowest BCUT2D eigenvalue weighted by atomic mass is 9.94. The maximum absolute atomic E-state index is 13.9. The second kappa shape index (κ2) is 10.8. The molecule has 1 atom stereocenters. The van der Waals surface area contributed by atoms with Gasteiger partial charge in [-0.05, 0) is 80.4 Å². The van der Waals surface area contributed by atoms with Gasteiger partial charge in [-0.1, -0.05) is 17.7 Å². The summed E-state index contributed by atoms with van der Waals surface area (Å²) < 4.78 is 30.5. The summed E-state index contributed by atoms with van der Waals surface area (Å²) in [4.78, 5) is 28.0. The first-order valence-electron chi connectivity index (χ1n) is 11.8. The van der Waals surface area contributed by atoms with Crippen molar-refractivity contribution in [3.8, 4) is 17.2 Å². The largest absolute Gasteiger partial charge is 0.507 e. The molecule has 1 unspecified atom stereocenters. The Balaban J connectivity index is 1.94. The zero-order valence-electron chi connectivity index (χ0n) is 21.5. The van der Waals surface area contributed by atoms with Gasteiger partial charge in [0.25, 0.3) is 11.7 Å². The number of rotatable bonds is 7. The van der Waals surface area contributed by atoms with Gasteiger partial charge in [-0.2, -0.15) is 0 Å². The summed E-state index contributed by atoms with van der Waals surface area (Å²) in [6, 6.07) is 12.6. The third-order valence-electron chi connectivity index (χ3n) is 6.16. The third-order valence-corrected chi connectivity index (χ3v) is 6.45. The van der Waals surface area contributed by atoms with Crippen molar-refractivity contribution in [2.24, 2.45) is 0 Å². The van der Waals surface area contributed by atoms with E-state index < -0.39 is 23.5 Å². The Hall–Kier alpha value is -4.04. The Morgan fingerprint density at radius 1 is 0.974 bits per heavy atom. The van der Waals surface area contributed by atoms with Crippen molar-refractivity contribution in [1.29, 1.82) is 0 Å². The number of ketones is 1. The van der Waals surface area contributed by atoms with E-state index in [4.69, 9.17) is 25.8 Å². The number of aliphatic hydroxyl groups is 1. The number of carbonyl (C=O) groups is 2. The Bertz CT molecular complexity index is 1450. The highest BCUT2D eigenvalue weighted by Gasteiger charge is 2.47. The van der Waals surface area contributed by atoms with Crippen LogP contribution in [0.4, 0.5) is 10.1 Å². The molecule has 3 aromatic rings. The number of methoxy groups -OCH3 is 2. The van der Waals surface area contributed by atoms with Crippen molar-refractivity contribution in [2.75, 3.05) is 19.1 Å². The number of ether oxygens (including phenoxy) is 3. The van der Waals surface area contributed by atoms with Crippen LogP contribution in [-0.4, -0.2) is 37.1 Å². The summed E-state index contributed by atoms with van der Waals surface area (Å²) >= 11 is 6.01. The Morgan fingerprint density at radius 3 is 2.26 bits per heavy atom. The van der Waals surface area contributed by atoms with Crippen molar-refractivity contribution in [3.63, 3.8) is 0 Å². The smallest absolute Gasteiger partial charge is 0.300 e. The van der Waals surface area contributed by atoms with Gasteiger partial charge in [0.1, 0.15) is 17.3 Å². The second-order valence-electron chi connectivity index (χ2n) is 9.03. The number of hydrogen-bond acceptors (Lipinski definition) is 6. The van der Waals surface area contributed by atoms with Gasteiger partial charge in [-0.3, -0.25) is 14.5 Å². The maximum Gasteiger partial charge on any atom is 0.300 e. The average Bonchev–Trinajstić information content (AvgIpc) is 3.15. The van der Waals surface area contributed by atoms with E-state index in [-0.39, 0.29) is 28.1 Å². The molecule has 1 aliphatic rings. The molecule has 1 aliphatic heterocycles. The van der Waals surface area contributed by atoms with E-state index >= 15 is 0 Å². The molecule has 1 saturated heterocycles. The monoisotopic (exact) mass is 539 g/mol. The Labute approximate surface area is 225 Å². The first-order valence-corrected chi connectivity index (χ1v) is 12.2. The van der Waals surface area contributed by atoms with E-state index in [0.717, 1.165) is 11.6 Å². The Morgan fingerprint density at radius 2 is 1.66 bits per heavy atom. The van der Waals surface area contributed by atoms with E-state index in [1.165, 1.54) is 31.3 Å². The van der Waals surface area contributed by atoms with Crippen molar-refractivity contribution in [3.05, 3.63) is 87.7 Å². The lowest BCUT2D eigenvalue weighted by Crippen LogP contribution is -2.29. The van der Waals surface area contributed by atoms with Crippen LogP contribution in [0.3, 0.4) is 0 Å². The molecule has 1 fully saturated rings.